The van der Waals surface area contributed by atoms with Crippen LogP contribution in [0.1, 0.15) is 38.4 Å². The van der Waals surface area contributed by atoms with Gasteiger partial charge in [0.1, 0.15) is 11.3 Å². The minimum absolute atomic E-state index is 0.0938. The number of fused-ring (bicyclic) bond motifs is 2. The van der Waals surface area contributed by atoms with Gasteiger partial charge in [-0.05, 0) is 28.4 Å². The Kier molecular flexibility index (Phi) is 5.22. The van der Waals surface area contributed by atoms with Crippen molar-refractivity contribution in [3.8, 4) is 0 Å². The first-order valence-electron chi connectivity index (χ1n) is 8.42. The number of nitrogens with one attached hydrogen (secondary N) is 2. The van der Waals surface area contributed by atoms with Gasteiger partial charge >= 0.3 is 0 Å². The molecule has 0 aliphatic rings. The minimum atomic E-state index is -0.195. The maximum atomic E-state index is 12.9. The maximum absolute atomic E-state index is 12.9. The number of carbonyl (C=O) groups is 1. The van der Waals surface area contributed by atoms with Gasteiger partial charge in [-0.2, -0.15) is 0 Å². The highest BCUT2D eigenvalue weighted by molar-refractivity contribution is 9.10. The fraction of sp³-hybridized carbons (Fsp3) is 0.500. The van der Waals surface area contributed by atoms with Crippen molar-refractivity contribution in [1.82, 2.24) is 29.5 Å². The molecule has 3 heterocycles. The number of carbonyl (C=O) groups excluding carboxylic acids is 1. The third-order valence-corrected chi connectivity index (χ3v) is 4.69. The van der Waals surface area contributed by atoms with Crippen LogP contribution in [0.2, 0.25) is 0 Å². The number of rotatable bonds is 7. The largest absolute Gasteiger partial charge is 0.359 e. The summed E-state index contributed by atoms with van der Waals surface area (Å²) in [5, 5.41) is 11.0. The van der Waals surface area contributed by atoms with E-state index in [0.29, 0.717) is 23.5 Å². The van der Waals surface area contributed by atoms with Crippen LogP contribution >= 0.6 is 15.9 Å². The zero-order chi connectivity index (χ0) is 18.0. The lowest BCUT2D eigenvalue weighted by molar-refractivity contribution is -0.120. The Morgan fingerprint density at radius 3 is 2.88 bits per heavy atom. The number of nitrogens with zero attached hydrogens (tertiary/aromatic N) is 4. The third-order valence-electron chi connectivity index (χ3n) is 4.27. The smallest absolute Gasteiger partial charge is 0.284 e. The van der Waals surface area contributed by atoms with Gasteiger partial charge in [-0.1, -0.05) is 19.8 Å². The van der Waals surface area contributed by atoms with Crippen LogP contribution in [0.5, 0.6) is 0 Å². The van der Waals surface area contributed by atoms with Crippen LogP contribution in [0.4, 0.5) is 0 Å². The molecular weight excluding hydrogens is 388 g/mol. The van der Waals surface area contributed by atoms with E-state index in [4.69, 9.17) is 0 Å². The highest BCUT2D eigenvalue weighted by atomic mass is 79.9. The van der Waals surface area contributed by atoms with Crippen molar-refractivity contribution < 1.29 is 4.79 Å². The summed E-state index contributed by atoms with van der Waals surface area (Å²) in [6, 6.07) is 1.89. The third kappa shape index (κ3) is 3.33. The van der Waals surface area contributed by atoms with Gasteiger partial charge in [-0.25, -0.2) is 4.40 Å². The summed E-state index contributed by atoms with van der Waals surface area (Å²) in [5.74, 6) is 0.927. The highest BCUT2D eigenvalue weighted by Crippen LogP contribution is 2.20. The molecule has 0 radical (unpaired) electrons. The molecule has 3 aromatic heterocycles. The van der Waals surface area contributed by atoms with E-state index < -0.39 is 0 Å². The van der Waals surface area contributed by atoms with Gasteiger partial charge in [0.15, 0.2) is 0 Å². The van der Waals surface area contributed by atoms with Crippen molar-refractivity contribution in [2.24, 2.45) is 0 Å². The first kappa shape index (κ1) is 17.7. The van der Waals surface area contributed by atoms with Crippen LogP contribution in [0.25, 0.3) is 16.8 Å². The molecule has 0 unspecified atom stereocenters. The summed E-state index contributed by atoms with van der Waals surface area (Å²) in [6.07, 6.45) is 3.83. The van der Waals surface area contributed by atoms with E-state index >= 15 is 0 Å². The molecule has 0 spiro atoms. The number of H-pyrrole nitrogens is 1. The van der Waals surface area contributed by atoms with Crippen molar-refractivity contribution in [2.75, 3.05) is 7.05 Å². The molecule has 0 saturated carbocycles. The van der Waals surface area contributed by atoms with Crippen LogP contribution in [0.15, 0.2) is 15.5 Å². The summed E-state index contributed by atoms with van der Waals surface area (Å²) in [7, 11) is 1.59. The van der Waals surface area contributed by atoms with E-state index in [1.165, 1.54) is 4.40 Å². The molecule has 2 N–H and O–H groups in total. The van der Waals surface area contributed by atoms with Crippen molar-refractivity contribution in [2.45, 2.75) is 45.6 Å². The number of hydrogen-bond acceptors (Lipinski definition) is 4. The quantitative estimate of drug-likeness (QED) is 0.584. The molecule has 1 amide bonds. The molecule has 0 fully saturated rings. The summed E-state index contributed by atoms with van der Waals surface area (Å²) in [5.41, 5.74) is 1.13. The van der Waals surface area contributed by atoms with E-state index in [-0.39, 0.29) is 17.9 Å². The van der Waals surface area contributed by atoms with Crippen molar-refractivity contribution in [3.63, 3.8) is 0 Å². The number of amides is 1. The molecular formula is C16H21BrN6O2. The van der Waals surface area contributed by atoms with Gasteiger partial charge in [0.25, 0.3) is 5.56 Å². The van der Waals surface area contributed by atoms with E-state index in [2.05, 4.69) is 43.4 Å². The summed E-state index contributed by atoms with van der Waals surface area (Å²) in [4.78, 5) is 27.5. The van der Waals surface area contributed by atoms with Crippen LogP contribution in [-0.4, -0.2) is 37.1 Å². The van der Waals surface area contributed by atoms with Crippen molar-refractivity contribution in [1.29, 1.82) is 0 Å². The molecule has 134 valence electrons. The number of halogens is 1. The Morgan fingerprint density at radius 2 is 2.16 bits per heavy atom. The number of unbranched alkanes of at least 4 members (excludes halogenated alkanes) is 2. The monoisotopic (exact) mass is 408 g/mol. The number of hydrogen-bond donors (Lipinski definition) is 2. The van der Waals surface area contributed by atoms with E-state index in [1.807, 2.05) is 10.6 Å². The lowest BCUT2D eigenvalue weighted by Crippen LogP contribution is -2.22. The van der Waals surface area contributed by atoms with Gasteiger partial charge < -0.3 is 14.9 Å². The van der Waals surface area contributed by atoms with Crippen LogP contribution in [-0.2, 0) is 17.8 Å². The summed E-state index contributed by atoms with van der Waals surface area (Å²) < 4.78 is 4.28. The predicted molar refractivity (Wildman–Crippen MR) is 98.7 cm³/mol. The molecule has 25 heavy (non-hydrogen) atoms. The minimum Gasteiger partial charge on any atom is -0.359 e. The normalized spacial score (nSPS) is 11.5. The van der Waals surface area contributed by atoms with E-state index in [0.717, 1.165) is 35.9 Å². The zero-order valence-corrected chi connectivity index (χ0v) is 15.9. The predicted octanol–water partition coefficient (Wildman–Crippen LogP) is 2.00. The molecule has 3 rings (SSSR count). The first-order chi connectivity index (χ1) is 12.1. The summed E-state index contributed by atoms with van der Waals surface area (Å²) >= 11 is 3.41. The standard InChI is InChI=1S/C16H21BrN6O2/c1-3-4-5-8-22-10-9-11(17)19-14(10)15(25)23-12(20-21-16(22)23)6-7-13(24)18-2/h9,19H,3-8H2,1-2H3,(H,18,24). The van der Waals surface area contributed by atoms with Crippen LogP contribution in [0.3, 0.4) is 0 Å². The average Bonchev–Trinajstić information content (AvgIpc) is 3.19. The van der Waals surface area contributed by atoms with Gasteiger partial charge in [0.2, 0.25) is 11.7 Å². The first-order valence-corrected chi connectivity index (χ1v) is 9.21. The molecule has 0 bridgehead atoms. The van der Waals surface area contributed by atoms with E-state index in [9.17, 15) is 9.59 Å². The van der Waals surface area contributed by atoms with Gasteiger partial charge in [-0.15, -0.1) is 10.2 Å². The lowest BCUT2D eigenvalue weighted by Gasteiger charge is -2.10. The molecule has 9 heteroatoms. The Balaban J connectivity index is 2.13. The number of aromatic amines is 1. The van der Waals surface area contributed by atoms with Gasteiger partial charge in [0, 0.05) is 26.4 Å². The maximum Gasteiger partial charge on any atom is 0.284 e. The second-order valence-corrected chi connectivity index (χ2v) is 6.82. The Bertz CT molecular complexity index is 970. The topological polar surface area (TPSA) is 97.1 Å². The number of aryl methyl sites for hydroxylation is 2. The van der Waals surface area contributed by atoms with Crippen LogP contribution < -0.4 is 10.9 Å². The Labute approximate surface area is 152 Å². The van der Waals surface area contributed by atoms with Crippen molar-refractivity contribution >= 4 is 38.6 Å². The number of aromatic nitrogens is 5. The SMILES string of the molecule is CCCCCn1c2cc(Br)[nH]c2c(=O)n2c(CCC(=O)NC)nnc12. The van der Waals surface area contributed by atoms with Crippen LogP contribution in [0, 0.1) is 0 Å². The van der Waals surface area contributed by atoms with E-state index in [1.54, 1.807) is 7.05 Å². The highest BCUT2D eigenvalue weighted by Gasteiger charge is 2.18. The summed E-state index contributed by atoms with van der Waals surface area (Å²) in [6.45, 7) is 2.91. The molecule has 0 saturated heterocycles. The fourth-order valence-electron chi connectivity index (χ4n) is 2.95. The fourth-order valence-corrected chi connectivity index (χ4v) is 3.36. The average molecular weight is 409 g/mol. The lowest BCUT2D eigenvalue weighted by atomic mass is 10.2. The molecule has 0 aliphatic carbocycles. The molecule has 0 aliphatic heterocycles. The molecule has 8 nitrogen and oxygen atoms in total. The van der Waals surface area contributed by atoms with Gasteiger partial charge in [0.05, 0.1) is 10.1 Å². The Morgan fingerprint density at radius 1 is 1.36 bits per heavy atom. The molecule has 0 aromatic carbocycles. The zero-order valence-electron chi connectivity index (χ0n) is 14.3. The Hall–Kier alpha value is -2.16. The molecule has 3 aromatic rings. The molecule has 0 atom stereocenters. The van der Waals surface area contributed by atoms with Gasteiger partial charge in [-0.3, -0.25) is 9.59 Å². The van der Waals surface area contributed by atoms with Crippen molar-refractivity contribution in [3.05, 3.63) is 26.8 Å². The second kappa shape index (κ2) is 7.38. The second-order valence-electron chi connectivity index (χ2n) is 5.97.